The first-order valence-corrected chi connectivity index (χ1v) is 6.19. The summed E-state index contributed by atoms with van der Waals surface area (Å²) in [5, 5.41) is 0.713. The lowest BCUT2D eigenvalue weighted by Crippen LogP contribution is -2.00. The number of carbonyl (C=O) groups is 1. The van der Waals surface area contributed by atoms with E-state index in [-0.39, 0.29) is 5.97 Å². The third-order valence-electron chi connectivity index (χ3n) is 2.69. The van der Waals surface area contributed by atoms with E-state index in [9.17, 15) is 4.79 Å². The minimum absolute atomic E-state index is 0.332. The van der Waals surface area contributed by atoms with Crippen LogP contribution in [0.2, 0.25) is 5.02 Å². The highest BCUT2D eigenvalue weighted by atomic mass is 35.5. The van der Waals surface area contributed by atoms with Gasteiger partial charge in [0.1, 0.15) is 0 Å². The average Bonchev–Trinajstić information content (AvgIpc) is 2.46. The third-order valence-corrected chi connectivity index (χ3v) is 3.04. The lowest BCUT2D eigenvalue weighted by molar-refractivity contribution is 0.0601. The second kappa shape index (κ2) is 6.21. The van der Waals surface area contributed by atoms with Crippen molar-refractivity contribution >= 4 is 29.7 Å². The lowest BCUT2D eigenvalue weighted by Gasteiger charge is -2.00. The highest BCUT2D eigenvalue weighted by Crippen LogP contribution is 2.18. The number of halogens is 1. The van der Waals surface area contributed by atoms with Gasteiger partial charge in [-0.2, -0.15) is 0 Å². The van der Waals surface area contributed by atoms with Crippen LogP contribution >= 0.6 is 11.6 Å². The zero-order valence-corrected chi connectivity index (χ0v) is 11.2. The molecule has 0 atom stereocenters. The van der Waals surface area contributed by atoms with Gasteiger partial charge in [-0.05, 0) is 29.3 Å². The molecule has 0 fully saturated rings. The van der Waals surface area contributed by atoms with Crippen molar-refractivity contribution in [1.29, 1.82) is 0 Å². The van der Waals surface area contributed by atoms with Gasteiger partial charge >= 0.3 is 5.97 Å². The molecule has 0 N–H and O–H groups in total. The summed E-state index contributed by atoms with van der Waals surface area (Å²) in [4.78, 5) is 11.3. The first-order chi connectivity index (χ1) is 9.20. The van der Waals surface area contributed by atoms with Gasteiger partial charge in [-0.15, -0.1) is 0 Å². The van der Waals surface area contributed by atoms with Gasteiger partial charge in [0.2, 0.25) is 0 Å². The van der Waals surface area contributed by atoms with Crippen molar-refractivity contribution < 1.29 is 9.53 Å². The SMILES string of the molecule is COC(=O)c1ccc(C=Cc2ccccc2Cl)cc1. The van der Waals surface area contributed by atoms with Crippen LogP contribution in [0, 0.1) is 0 Å². The zero-order valence-electron chi connectivity index (χ0n) is 10.5. The van der Waals surface area contributed by atoms with Crippen molar-refractivity contribution in [3.05, 3.63) is 70.2 Å². The molecule has 2 nitrogen and oxygen atoms in total. The van der Waals surface area contributed by atoms with Gasteiger partial charge in [0.15, 0.2) is 0 Å². The molecule has 0 aromatic heterocycles. The predicted molar refractivity (Wildman–Crippen MR) is 78.2 cm³/mol. The predicted octanol–water partition coefficient (Wildman–Crippen LogP) is 4.30. The Bertz CT molecular complexity index is 600. The summed E-state index contributed by atoms with van der Waals surface area (Å²) in [7, 11) is 1.37. The van der Waals surface area contributed by atoms with E-state index in [0.717, 1.165) is 11.1 Å². The molecule has 3 heteroatoms. The molecule has 0 heterocycles. The second-order valence-corrected chi connectivity index (χ2v) is 4.38. The molecule has 0 spiro atoms. The molecule has 0 amide bonds. The van der Waals surface area contributed by atoms with Gasteiger partial charge in [-0.25, -0.2) is 4.79 Å². The van der Waals surface area contributed by atoms with Gasteiger partial charge in [0.25, 0.3) is 0 Å². The summed E-state index contributed by atoms with van der Waals surface area (Å²) >= 11 is 6.06. The second-order valence-electron chi connectivity index (χ2n) is 3.97. The number of hydrogen-bond acceptors (Lipinski definition) is 2. The maximum absolute atomic E-state index is 11.3. The fourth-order valence-electron chi connectivity index (χ4n) is 1.64. The molecule has 0 aliphatic carbocycles. The number of esters is 1. The van der Waals surface area contributed by atoms with Crippen LogP contribution in [-0.4, -0.2) is 13.1 Å². The number of hydrogen-bond donors (Lipinski definition) is 0. The molecule has 0 aliphatic rings. The van der Waals surface area contributed by atoms with Crippen LogP contribution in [0.3, 0.4) is 0 Å². The number of rotatable bonds is 3. The van der Waals surface area contributed by atoms with E-state index in [1.807, 2.05) is 48.6 Å². The van der Waals surface area contributed by atoms with Crippen LogP contribution in [0.15, 0.2) is 48.5 Å². The zero-order chi connectivity index (χ0) is 13.7. The molecule has 2 aromatic rings. The van der Waals surface area contributed by atoms with E-state index >= 15 is 0 Å². The minimum Gasteiger partial charge on any atom is -0.465 e. The van der Waals surface area contributed by atoms with Crippen LogP contribution in [-0.2, 0) is 4.74 Å². The summed E-state index contributed by atoms with van der Waals surface area (Å²) in [6.07, 6.45) is 3.89. The average molecular weight is 273 g/mol. The molecule has 0 aliphatic heterocycles. The number of benzene rings is 2. The smallest absolute Gasteiger partial charge is 0.337 e. The quantitative estimate of drug-likeness (QED) is 0.615. The number of methoxy groups -OCH3 is 1. The first kappa shape index (κ1) is 13.4. The van der Waals surface area contributed by atoms with Crippen LogP contribution in [0.1, 0.15) is 21.5 Å². The van der Waals surface area contributed by atoms with Crippen molar-refractivity contribution in [3.63, 3.8) is 0 Å². The third kappa shape index (κ3) is 3.46. The molecule has 0 unspecified atom stereocenters. The van der Waals surface area contributed by atoms with Crippen molar-refractivity contribution in [1.82, 2.24) is 0 Å². The Balaban J connectivity index is 2.16. The Labute approximate surface area is 117 Å². The fourth-order valence-corrected chi connectivity index (χ4v) is 1.84. The Kier molecular flexibility index (Phi) is 4.37. The summed E-state index contributed by atoms with van der Waals surface area (Å²) < 4.78 is 4.65. The summed E-state index contributed by atoms with van der Waals surface area (Å²) in [5.41, 5.74) is 2.49. The summed E-state index contributed by atoms with van der Waals surface area (Å²) in [6, 6.07) is 14.8. The van der Waals surface area contributed by atoms with Gasteiger partial charge in [0, 0.05) is 5.02 Å². The summed E-state index contributed by atoms with van der Waals surface area (Å²) in [6.45, 7) is 0. The van der Waals surface area contributed by atoms with Crippen LogP contribution in [0.4, 0.5) is 0 Å². The van der Waals surface area contributed by atoms with Crippen molar-refractivity contribution in [2.75, 3.05) is 7.11 Å². The molecule has 0 bridgehead atoms. The standard InChI is InChI=1S/C16H13ClO2/c1-19-16(18)14-10-7-12(8-11-14)6-9-13-4-2-3-5-15(13)17/h2-11H,1H3. The number of carbonyl (C=O) groups excluding carboxylic acids is 1. The van der Waals surface area contributed by atoms with Gasteiger partial charge in [-0.3, -0.25) is 0 Å². The van der Waals surface area contributed by atoms with E-state index in [1.165, 1.54) is 7.11 Å². The molecule has 96 valence electrons. The topological polar surface area (TPSA) is 26.3 Å². The van der Waals surface area contributed by atoms with E-state index in [4.69, 9.17) is 11.6 Å². The highest BCUT2D eigenvalue weighted by molar-refractivity contribution is 6.32. The molecular weight excluding hydrogens is 260 g/mol. The van der Waals surface area contributed by atoms with Crippen molar-refractivity contribution in [3.8, 4) is 0 Å². The Morgan fingerprint density at radius 1 is 1.05 bits per heavy atom. The molecule has 0 saturated carbocycles. The Hall–Kier alpha value is -2.06. The molecule has 0 saturated heterocycles. The van der Waals surface area contributed by atoms with E-state index in [0.29, 0.717) is 10.6 Å². The lowest BCUT2D eigenvalue weighted by atomic mass is 10.1. The van der Waals surface area contributed by atoms with E-state index < -0.39 is 0 Å². The maximum atomic E-state index is 11.3. The Morgan fingerprint density at radius 2 is 1.74 bits per heavy atom. The molecular formula is C16H13ClO2. The van der Waals surface area contributed by atoms with Crippen molar-refractivity contribution in [2.45, 2.75) is 0 Å². The molecule has 2 aromatic carbocycles. The van der Waals surface area contributed by atoms with Gasteiger partial charge < -0.3 is 4.74 Å². The molecule has 19 heavy (non-hydrogen) atoms. The van der Waals surface area contributed by atoms with E-state index in [2.05, 4.69) is 4.74 Å². The van der Waals surface area contributed by atoms with Crippen LogP contribution in [0.25, 0.3) is 12.2 Å². The first-order valence-electron chi connectivity index (χ1n) is 5.81. The summed E-state index contributed by atoms with van der Waals surface area (Å²) in [5.74, 6) is -0.332. The largest absolute Gasteiger partial charge is 0.465 e. The Morgan fingerprint density at radius 3 is 2.37 bits per heavy atom. The van der Waals surface area contributed by atoms with Gasteiger partial charge in [0.05, 0.1) is 12.7 Å². The number of ether oxygens (including phenoxy) is 1. The fraction of sp³-hybridized carbons (Fsp3) is 0.0625. The van der Waals surface area contributed by atoms with Gasteiger partial charge in [-0.1, -0.05) is 54.1 Å². The molecule has 2 rings (SSSR count). The maximum Gasteiger partial charge on any atom is 0.337 e. The molecule has 0 radical (unpaired) electrons. The van der Waals surface area contributed by atoms with Crippen molar-refractivity contribution in [2.24, 2.45) is 0 Å². The van der Waals surface area contributed by atoms with Crippen LogP contribution in [0.5, 0.6) is 0 Å². The highest BCUT2D eigenvalue weighted by Gasteiger charge is 2.03. The monoisotopic (exact) mass is 272 g/mol. The normalized spacial score (nSPS) is 10.6. The minimum atomic E-state index is -0.332. The van der Waals surface area contributed by atoms with E-state index in [1.54, 1.807) is 12.1 Å². The van der Waals surface area contributed by atoms with Crippen LogP contribution < -0.4 is 0 Å².